The van der Waals surface area contributed by atoms with Crippen LogP contribution in [0.15, 0.2) is 54.6 Å². The van der Waals surface area contributed by atoms with E-state index in [0.717, 1.165) is 12.0 Å². The minimum atomic E-state index is 0.0295. The summed E-state index contributed by atoms with van der Waals surface area (Å²) in [5.74, 6) is 0.529. The molecular weight excluding hydrogens is 272 g/mol. The second-order valence-corrected chi connectivity index (χ2v) is 5.71. The molecule has 0 heterocycles. The Kier molecular flexibility index (Phi) is 5.65. The minimum Gasteiger partial charge on any atom is -0.300 e. The van der Waals surface area contributed by atoms with Crippen LogP contribution in [0.2, 0.25) is 0 Å². The number of Topliss-reactive ketones (excluding diaryl/α,β-unsaturated/α-hetero) is 1. The van der Waals surface area contributed by atoms with Gasteiger partial charge < -0.3 is 0 Å². The summed E-state index contributed by atoms with van der Waals surface area (Å²) in [5, 5.41) is 0. The zero-order chi connectivity index (χ0) is 15.9. The first-order valence-corrected chi connectivity index (χ1v) is 7.83. The largest absolute Gasteiger partial charge is 0.300 e. The highest BCUT2D eigenvalue weighted by Crippen LogP contribution is 2.21. The first-order valence-electron chi connectivity index (χ1n) is 7.83. The van der Waals surface area contributed by atoms with Crippen LogP contribution >= 0.6 is 0 Å². The van der Waals surface area contributed by atoms with Crippen molar-refractivity contribution in [2.24, 2.45) is 0 Å². The Balaban J connectivity index is 2.07. The third-order valence-corrected chi connectivity index (χ3v) is 3.84. The Morgan fingerprint density at radius 3 is 2.09 bits per heavy atom. The minimum absolute atomic E-state index is 0.0295. The van der Waals surface area contributed by atoms with E-state index < -0.39 is 0 Å². The smallest absolute Gasteiger partial charge is 0.193 e. The van der Waals surface area contributed by atoms with Gasteiger partial charge in [0.25, 0.3) is 0 Å². The molecule has 0 aliphatic rings. The van der Waals surface area contributed by atoms with Gasteiger partial charge in [0, 0.05) is 24.0 Å². The van der Waals surface area contributed by atoms with Gasteiger partial charge in [0.15, 0.2) is 5.78 Å². The monoisotopic (exact) mass is 294 g/mol. The number of benzene rings is 2. The first kappa shape index (κ1) is 16.2. The second kappa shape index (κ2) is 7.69. The second-order valence-electron chi connectivity index (χ2n) is 5.71. The van der Waals surface area contributed by atoms with Gasteiger partial charge in [0.2, 0.25) is 0 Å². The molecule has 0 spiro atoms. The maximum absolute atomic E-state index is 12.3. The molecule has 1 unspecified atom stereocenters. The predicted molar refractivity (Wildman–Crippen MR) is 89.3 cm³/mol. The van der Waals surface area contributed by atoms with Crippen molar-refractivity contribution in [2.45, 2.75) is 39.0 Å². The topological polar surface area (TPSA) is 34.1 Å². The Morgan fingerprint density at radius 1 is 0.909 bits per heavy atom. The van der Waals surface area contributed by atoms with E-state index in [0.29, 0.717) is 29.8 Å². The number of hydrogen-bond acceptors (Lipinski definition) is 2. The number of rotatable bonds is 7. The van der Waals surface area contributed by atoms with Crippen molar-refractivity contribution >= 4 is 11.6 Å². The molecule has 0 aliphatic heterocycles. The molecule has 0 amide bonds. The maximum Gasteiger partial charge on any atom is 0.193 e. The molecule has 0 fully saturated rings. The van der Waals surface area contributed by atoms with Crippen LogP contribution in [-0.4, -0.2) is 11.6 Å². The van der Waals surface area contributed by atoms with Crippen LogP contribution in [0.1, 0.15) is 60.5 Å². The Bertz CT molecular complexity index is 627. The number of carbonyl (C=O) groups excluding carboxylic acids is 2. The van der Waals surface area contributed by atoms with E-state index in [-0.39, 0.29) is 11.7 Å². The molecular formula is C20H22O2. The summed E-state index contributed by atoms with van der Waals surface area (Å²) in [4.78, 5) is 24.1. The molecule has 2 aromatic rings. The zero-order valence-corrected chi connectivity index (χ0v) is 13.2. The molecule has 2 nitrogen and oxygen atoms in total. The molecule has 2 aromatic carbocycles. The van der Waals surface area contributed by atoms with Crippen LogP contribution in [0.4, 0.5) is 0 Å². The van der Waals surface area contributed by atoms with Gasteiger partial charge in [-0.15, -0.1) is 0 Å². The van der Waals surface area contributed by atoms with Crippen molar-refractivity contribution in [2.75, 3.05) is 0 Å². The number of carbonyl (C=O) groups is 2. The molecule has 0 N–H and O–H groups in total. The molecule has 0 saturated carbocycles. The lowest BCUT2D eigenvalue weighted by Gasteiger charge is -2.11. The van der Waals surface area contributed by atoms with Crippen molar-refractivity contribution in [3.63, 3.8) is 0 Å². The summed E-state index contributed by atoms with van der Waals surface area (Å²) in [6.45, 7) is 4.08. The van der Waals surface area contributed by atoms with Crippen LogP contribution in [0.5, 0.6) is 0 Å². The molecule has 0 aromatic heterocycles. The van der Waals surface area contributed by atoms with E-state index in [2.05, 4.69) is 6.92 Å². The fraction of sp³-hybridized carbons (Fsp3) is 0.300. The Hall–Kier alpha value is -2.22. The van der Waals surface area contributed by atoms with Gasteiger partial charge >= 0.3 is 0 Å². The van der Waals surface area contributed by atoms with Crippen molar-refractivity contribution in [3.8, 4) is 0 Å². The van der Waals surface area contributed by atoms with Crippen molar-refractivity contribution in [1.29, 1.82) is 0 Å². The van der Waals surface area contributed by atoms with Gasteiger partial charge in [-0.1, -0.05) is 68.4 Å². The van der Waals surface area contributed by atoms with E-state index in [4.69, 9.17) is 0 Å². The third kappa shape index (κ3) is 4.14. The van der Waals surface area contributed by atoms with Gasteiger partial charge in [-0.05, 0) is 17.9 Å². The molecule has 2 heteroatoms. The first-order chi connectivity index (χ1) is 10.6. The zero-order valence-electron chi connectivity index (χ0n) is 13.2. The molecule has 0 aliphatic carbocycles. The summed E-state index contributed by atoms with van der Waals surface area (Å²) < 4.78 is 0. The fourth-order valence-electron chi connectivity index (χ4n) is 2.56. The van der Waals surface area contributed by atoms with Crippen molar-refractivity contribution < 1.29 is 9.59 Å². The van der Waals surface area contributed by atoms with E-state index in [1.807, 2.05) is 61.5 Å². The lowest BCUT2D eigenvalue weighted by molar-refractivity contribution is -0.119. The van der Waals surface area contributed by atoms with Crippen molar-refractivity contribution in [1.82, 2.24) is 0 Å². The van der Waals surface area contributed by atoms with E-state index >= 15 is 0 Å². The van der Waals surface area contributed by atoms with Crippen LogP contribution in [0, 0.1) is 0 Å². The summed E-state index contributed by atoms with van der Waals surface area (Å²) in [5.41, 5.74) is 2.48. The van der Waals surface area contributed by atoms with Gasteiger partial charge in [0.1, 0.15) is 5.78 Å². The van der Waals surface area contributed by atoms with Crippen LogP contribution < -0.4 is 0 Å². The van der Waals surface area contributed by atoms with Crippen LogP contribution in [0.25, 0.3) is 0 Å². The molecule has 1 atom stereocenters. The summed E-state index contributed by atoms with van der Waals surface area (Å²) in [6.07, 6.45) is 2.12. The quantitative estimate of drug-likeness (QED) is 0.689. The predicted octanol–water partition coefficient (Wildman–Crippen LogP) is 4.78. The van der Waals surface area contributed by atoms with Gasteiger partial charge in [-0.25, -0.2) is 0 Å². The average Bonchev–Trinajstić information content (AvgIpc) is 2.55. The molecule has 114 valence electrons. The highest BCUT2D eigenvalue weighted by Gasteiger charge is 2.12. The lowest BCUT2D eigenvalue weighted by Crippen LogP contribution is -2.05. The van der Waals surface area contributed by atoms with Crippen LogP contribution in [-0.2, 0) is 4.79 Å². The normalized spacial score (nSPS) is 11.9. The highest BCUT2D eigenvalue weighted by atomic mass is 16.1. The molecule has 0 bridgehead atoms. The third-order valence-electron chi connectivity index (χ3n) is 3.84. The standard InChI is InChI=1S/C20H22O2/c1-3-7-19(21)14-15(2)16-10-12-18(13-11-16)20(22)17-8-5-4-6-9-17/h4-6,8-13,15H,3,7,14H2,1-2H3. The summed E-state index contributed by atoms with van der Waals surface area (Å²) in [6, 6.07) is 16.9. The maximum atomic E-state index is 12.3. The summed E-state index contributed by atoms with van der Waals surface area (Å²) >= 11 is 0. The van der Waals surface area contributed by atoms with Crippen LogP contribution in [0.3, 0.4) is 0 Å². The Morgan fingerprint density at radius 2 is 1.50 bits per heavy atom. The molecule has 0 saturated heterocycles. The van der Waals surface area contributed by atoms with E-state index in [1.165, 1.54) is 0 Å². The van der Waals surface area contributed by atoms with Crippen molar-refractivity contribution in [3.05, 3.63) is 71.3 Å². The number of ketones is 2. The fourth-order valence-corrected chi connectivity index (χ4v) is 2.56. The molecule has 0 radical (unpaired) electrons. The van der Waals surface area contributed by atoms with Gasteiger partial charge in [-0.3, -0.25) is 9.59 Å². The van der Waals surface area contributed by atoms with E-state index in [9.17, 15) is 9.59 Å². The van der Waals surface area contributed by atoms with Gasteiger partial charge in [0.05, 0.1) is 0 Å². The Labute approximate surface area is 132 Å². The van der Waals surface area contributed by atoms with E-state index in [1.54, 1.807) is 0 Å². The average molecular weight is 294 g/mol. The van der Waals surface area contributed by atoms with Gasteiger partial charge in [-0.2, -0.15) is 0 Å². The number of hydrogen-bond donors (Lipinski definition) is 0. The molecule has 22 heavy (non-hydrogen) atoms. The molecule has 2 rings (SSSR count). The SMILES string of the molecule is CCCC(=O)CC(C)c1ccc(C(=O)c2ccccc2)cc1. The summed E-state index contributed by atoms with van der Waals surface area (Å²) in [7, 11) is 0. The highest BCUT2D eigenvalue weighted by molar-refractivity contribution is 6.08. The lowest BCUT2D eigenvalue weighted by atomic mass is 9.92.